The number of pyridine rings is 1. The molecule has 0 bridgehead atoms. The van der Waals surface area contributed by atoms with Gasteiger partial charge in [0.1, 0.15) is 0 Å². The smallest absolute Gasteiger partial charge is 0.235 e. The summed E-state index contributed by atoms with van der Waals surface area (Å²) < 4.78 is 0. The molecule has 5 nitrogen and oxygen atoms in total. The molecular formula is C16H14N4OS. The number of benzene rings is 1. The van der Waals surface area contributed by atoms with Crippen molar-refractivity contribution in [2.45, 2.75) is 4.90 Å². The van der Waals surface area contributed by atoms with Gasteiger partial charge in [0.15, 0.2) is 5.82 Å². The van der Waals surface area contributed by atoms with E-state index in [1.54, 1.807) is 18.5 Å². The van der Waals surface area contributed by atoms with Crippen LogP contribution in [0.25, 0.3) is 11.3 Å². The summed E-state index contributed by atoms with van der Waals surface area (Å²) in [6, 6.07) is 15.4. The average Bonchev–Trinajstić information content (AvgIpc) is 3.03. The van der Waals surface area contributed by atoms with Gasteiger partial charge in [-0.15, -0.1) is 11.8 Å². The first kappa shape index (κ1) is 14.3. The summed E-state index contributed by atoms with van der Waals surface area (Å²) in [7, 11) is 0. The number of nitrogens with zero attached hydrogens (tertiary/aromatic N) is 2. The van der Waals surface area contributed by atoms with Crippen molar-refractivity contribution in [1.29, 1.82) is 0 Å². The minimum Gasteiger partial charge on any atom is -0.308 e. The third-order valence-corrected chi connectivity index (χ3v) is 3.94. The van der Waals surface area contributed by atoms with Gasteiger partial charge in [-0.05, 0) is 24.3 Å². The molecule has 0 atom stereocenters. The molecule has 0 spiro atoms. The maximum Gasteiger partial charge on any atom is 0.235 e. The van der Waals surface area contributed by atoms with Crippen molar-refractivity contribution >= 4 is 23.5 Å². The fraction of sp³-hybridized carbons (Fsp3) is 0.0625. The summed E-state index contributed by atoms with van der Waals surface area (Å²) in [5.74, 6) is 0.773. The van der Waals surface area contributed by atoms with E-state index in [-0.39, 0.29) is 5.91 Å². The van der Waals surface area contributed by atoms with Crippen LogP contribution < -0.4 is 5.32 Å². The second kappa shape index (κ2) is 6.91. The molecule has 0 aliphatic heterocycles. The molecule has 2 heterocycles. The Morgan fingerprint density at radius 3 is 2.82 bits per heavy atom. The summed E-state index contributed by atoms with van der Waals surface area (Å²) in [6.45, 7) is 0. The molecule has 3 rings (SSSR count). The minimum absolute atomic E-state index is 0.0851. The average molecular weight is 310 g/mol. The van der Waals surface area contributed by atoms with Crippen molar-refractivity contribution in [3.8, 4) is 11.3 Å². The topological polar surface area (TPSA) is 70.7 Å². The predicted molar refractivity (Wildman–Crippen MR) is 87.6 cm³/mol. The van der Waals surface area contributed by atoms with Gasteiger partial charge in [-0.25, -0.2) is 0 Å². The molecule has 0 radical (unpaired) electrons. The van der Waals surface area contributed by atoms with Crippen LogP contribution >= 0.6 is 11.8 Å². The normalized spacial score (nSPS) is 10.4. The lowest BCUT2D eigenvalue weighted by Crippen LogP contribution is -2.14. The summed E-state index contributed by atoms with van der Waals surface area (Å²) in [6.07, 6.45) is 3.45. The third-order valence-electron chi connectivity index (χ3n) is 2.93. The third kappa shape index (κ3) is 3.73. The molecule has 22 heavy (non-hydrogen) atoms. The number of aromatic nitrogens is 3. The number of carbonyl (C=O) groups excluding carboxylic acids is 1. The van der Waals surface area contributed by atoms with Gasteiger partial charge in [0.25, 0.3) is 0 Å². The van der Waals surface area contributed by atoms with E-state index < -0.39 is 0 Å². The highest BCUT2D eigenvalue weighted by molar-refractivity contribution is 8.00. The molecule has 6 heteroatoms. The summed E-state index contributed by atoms with van der Waals surface area (Å²) in [5, 5.41) is 9.76. The van der Waals surface area contributed by atoms with E-state index >= 15 is 0 Å². The number of hydrogen-bond donors (Lipinski definition) is 2. The van der Waals surface area contributed by atoms with Gasteiger partial charge in [-0.1, -0.05) is 18.2 Å². The van der Waals surface area contributed by atoms with Crippen LogP contribution in [0.1, 0.15) is 0 Å². The van der Waals surface area contributed by atoms with Crippen molar-refractivity contribution in [3.05, 3.63) is 60.9 Å². The van der Waals surface area contributed by atoms with Crippen molar-refractivity contribution in [1.82, 2.24) is 15.2 Å². The SMILES string of the molecule is O=C(CSc1ccccc1)Nc1cc(-c2cccnc2)[nH]n1. The molecule has 0 aliphatic rings. The fourth-order valence-electron chi connectivity index (χ4n) is 1.90. The maximum atomic E-state index is 11.9. The van der Waals surface area contributed by atoms with E-state index in [1.807, 2.05) is 42.5 Å². The number of aromatic amines is 1. The van der Waals surface area contributed by atoms with Gasteiger partial charge in [0.2, 0.25) is 5.91 Å². The summed E-state index contributed by atoms with van der Waals surface area (Å²) >= 11 is 1.49. The lowest BCUT2D eigenvalue weighted by atomic mass is 10.2. The minimum atomic E-state index is -0.0851. The van der Waals surface area contributed by atoms with Crippen molar-refractivity contribution in [2.75, 3.05) is 11.1 Å². The van der Waals surface area contributed by atoms with Crippen molar-refractivity contribution < 1.29 is 4.79 Å². The monoisotopic (exact) mass is 310 g/mol. The number of amides is 1. The van der Waals surface area contributed by atoms with Crippen LogP contribution in [0.4, 0.5) is 5.82 Å². The molecule has 0 aliphatic carbocycles. The van der Waals surface area contributed by atoms with Crippen LogP contribution in [-0.2, 0) is 4.79 Å². The molecular weight excluding hydrogens is 296 g/mol. The second-order valence-corrected chi connectivity index (χ2v) is 5.61. The first-order valence-electron chi connectivity index (χ1n) is 6.75. The molecule has 110 valence electrons. The number of hydrogen-bond acceptors (Lipinski definition) is 4. The van der Waals surface area contributed by atoms with E-state index in [9.17, 15) is 4.79 Å². The van der Waals surface area contributed by atoms with Gasteiger partial charge in [0.05, 0.1) is 11.4 Å². The largest absolute Gasteiger partial charge is 0.308 e. The Balaban J connectivity index is 1.57. The first-order chi connectivity index (χ1) is 10.8. The van der Waals surface area contributed by atoms with E-state index in [2.05, 4.69) is 20.5 Å². The van der Waals surface area contributed by atoms with Crippen LogP contribution in [0.15, 0.2) is 65.8 Å². The molecule has 3 aromatic rings. The molecule has 0 saturated heterocycles. The highest BCUT2D eigenvalue weighted by Gasteiger charge is 2.08. The second-order valence-electron chi connectivity index (χ2n) is 4.56. The van der Waals surface area contributed by atoms with Crippen molar-refractivity contribution in [3.63, 3.8) is 0 Å². The standard InChI is InChI=1S/C16H14N4OS/c21-16(11-22-13-6-2-1-3-7-13)18-15-9-14(19-20-15)12-5-4-8-17-10-12/h1-10H,11H2,(H2,18,19,20,21). The Labute approximate surface area is 132 Å². The highest BCUT2D eigenvalue weighted by atomic mass is 32.2. The molecule has 0 saturated carbocycles. The van der Waals surface area contributed by atoms with E-state index in [0.29, 0.717) is 11.6 Å². The van der Waals surface area contributed by atoms with Gasteiger partial charge in [0, 0.05) is 28.9 Å². The Hall–Kier alpha value is -2.60. The Morgan fingerprint density at radius 1 is 1.18 bits per heavy atom. The zero-order valence-electron chi connectivity index (χ0n) is 11.7. The Morgan fingerprint density at radius 2 is 2.05 bits per heavy atom. The van der Waals surface area contributed by atoms with Crippen LogP contribution in [-0.4, -0.2) is 26.8 Å². The Kier molecular flexibility index (Phi) is 4.50. The zero-order valence-corrected chi connectivity index (χ0v) is 12.5. The quantitative estimate of drug-likeness (QED) is 0.710. The van der Waals surface area contributed by atoms with E-state index in [0.717, 1.165) is 16.2 Å². The molecule has 2 N–H and O–H groups in total. The lowest BCUT2D eigenvalue weighted by molar-refractivity contribution is -0.113. The number of thioether (sulfide) groups is 1. The zero-order chi connectivity index (χ0) is 15.2. The number of H-pyrrole nitrogens is 1. The van der Waals surface area contributed by atoms with Crippen molar-refractivity contribution in [2.24, 2.45) is 0 Å². The van der Waals surface area contributed by atoms with Gasteiger partial charge in [-0.3, -0.25) is 14.9 Å². The number of anilines is 1. The fourth-order valence-corrected chi connectivity index (χ4v) is 2.62. The van der Waals surface area contributed by atoms with Gasteiger partial charge >= 0.3 is 0 Å². The number of carbonyl (C=O) groups is 1. The number of nitrogens with one attached hydrogen (secondary N) is 2. The van der Waals surface area contributed by atoms with Gasteiger partial charge in [-0.2, -0.15) is 5.10 Å². The predicted octanol–water partition coefficient (Wildman–Crippen LogP) is 3.20. The van der Waals surface area contributed by atoms with Crippen LogP contribution in [0.3, 0.4) is 0 Å². The molecule has 1 amide bonds. The van der Waals surface area contributed by atoms with Gasteiger partial charge < -0.3 is 5.32 Å². The van der Waals surface area contributed by atoms with E-state index in [4.69, 9.17) is 0 Å². The highest BCUT2D eigenvalue weighted by Crippen LogP contribution is 2.20. The molecule has 0 fully saturated rings. The maximum absolute atomic E-state index is 11.9. The van der Waals surface area contributed by atoms with Crippen LogP contribution in [0, 0.1) is 0 Å². The molecule has 2 aromatic heterocycles. The molecule has 0 unspecified atom stereocenters. The Bertz CT molecular complexity index is 743. The lowest BCUT2D eigenvalue weighted by Gasteiger charge is -2.01. The first-order valence-corrected chi connectivity index (χ1v) is 7.73. The molecule has 1 aromatic carbocycles. The van der Waals surface area contributed by atoms with E-state index in [1.165, 1.54) is 11.8 Å². The number of rotatable bonds is 5. The summed E-state index contributed by atoms with van der Waals surface area (Å²) in [5.41, 5.74) is 1.74. The van der Waals surface area contributed by atoms with Crippen LogP contribution in [0.2, 0.25) is 0 Å². The van der Waals surface area contributed by atoms with Crippen LogP contribution in [0.5, 0.6) is 0 Å². The summed E-state index contributed by atoms with van der Waals surface area (Å²) in [4.78, 5) is 17.1.